The molecule has 0 rings (SSSR count). The molecule has 0 aromatic heterocycles. The summed E-state index contributed by atoms with van der Waals surface area (Å²) in [4.78, 5) is 2.41. The van der Waals surface area contributed by atoms with E-state index in [0.29, 0.717) is 0 Å². The molecule has 0 spiro atoms. The second-order valence-corrected chi connectivity index (χ2v) is 4.29. The van der Waals surface area contributed by atoms with Crippen molar-refractivity contribution in [3.8, 4) is 0 Å². The molecule has 0 N–H and O–H groups in total. The average molecular weight is 256 g/mol. The van der Waals surface area contributed by atoms with Crippen molar-refractivity contribution in [3.05, 3.63) is 0 Å². The minimum absolute atomic E-state index is 0.835. The summed E-state index contributed by atoms with van der Waals surface area (Å²) in [5, 5.41) is 1.05. The summed E-state index contributed by atoms with van der Waals surface area (Å²) in [6.07, 6.45) is 2.14. The van der Waals surface area contributed by atoms with Gasteiger partial charge in [-0.2, -0.15) is 11.8 Å². The highest BCUT2D eigenvalue weighted by Gasteiger charge is 2.01. The molecule has 0 saturated carbocycles. The van der Waals surface area contributed by atoms with Crippen LogP contribution in [0.3, 0.4) is 0 Å². The van der Waals surface area contributed by atoms with E-state index in [1.165, 1.54) is 5.75 Å². The zero-order valence-corrected chi connectivity index (χ0v) is 10.3. The molecule has 0 heterocycles. The number of hydrogen-bond donors (Lipinski definition) is 0. The van der Waals surface area contributed by atoms with E-state index in [9.17, 15) is 0 Å². The monoisotopic (exact) mass is 255 g/mol. The third kappa shape index (κ3) is 7.40. The third-order valence-electron chi connectivity index (χ3n) is 1.62. The molecule has 4 heteroatoms. The molecule has 0 aliphatic heterocycles. The van der Waals surface area contributed by atoms with Crippen molar-refractivity contribution in [2.75, 3.05) is 50.7 Å². The summed E-state index contributed by atoms with van der Waals surface area (Å²) in [6.45, 7) is 4.16. The number of halogens is 1. The molecule has 0 fully saturated rings. The van der Waals surface area contributed by atoms with Crippen LogP contribution in [0.4, 0.5) is 0 Å². The van der Waals surface area contributed by atoms with Gasteiger partial charge >= 0.3 is 0 Å². The molecule has 0 aromatic rings. The zero-order chi connectivity index (χ0) is 9.23. The Bertz CT molecular complexity index is 87.1. The van der Waals surface area contributed by atoms with Crippen molar-refractivity contribution in [3.63, 3.8) is 0 Å². The van der Waals surface area contributed by atoms with Crippen LogP contribution in [0.25, 0.3) is 0 Å². The molecule has 12 heavy (non-hydrogen) atoms. The lowest BCUT2D eigenvalue weighted by molar-refractivity contribution is 0.155. The fourth-order valence-electron chi connectivity index (χ4n) is 0.896. The van der Waals surface area contributed by atoms with Gasteiger partial charge in [-0.3, -0.25) is 4.90 Å². The number of alkyl halides is 1. The van der Waals surface area contributed by atoms with Crippen LogP contribution in [0.5, 0.6) is 0 Å². The predicted molar refractivity (Wildman–Crippen MR) is 60.5 cm³/mol. The molecule has 0 saturated heterocycles. The van der Waals surface area contributed by atoms with Crippen LogP contribution in [0.1, 0.15) is 0 Å². The Morgan fingerprint density at radius 2 is 2.08 bits per heavy atom. The van der Waals surface area contributed by atoms with E-state index in [-0.39, 0.29) is 0 Å². The van der Waals surface area contributed by atoms with E-state index in [1.807, 2.05) is 11.8 Å². The first-order valence-electron chi connectivity index (χ1n) is 4.11. The second kappa shape index (κ2) is 9.84. The van der Waals surface area contributed by atoms with Crippen molar-refractivity contribution in [2.24, 2.45) is 0 Å². The maximum Gasteiger partial charge on any atom is 0.0589 e. The normalized spacial score (nSPS) is 11.0. The Kier molecular flexibility index (Phi) is 10.4. The van der Waals surface area contributed by atoms with Crippen LogP contribution in [0.2, 0.25) is 0 Å². The van der Waals surface area contributed by atoms with Crippen molar-refractivity contribution < 1.29 is 4.74 Å². The third-order valence-corrected chi connectivity index (χ3v) is 2.57. The van der Waals surface area contributed by atoms with Crippen LogP contribution in [-0.2, 0) is 4.74 Å². The van der Waals surface area contributed by atoms with Gasteiger partial charge in [0.15, 0.2) is 0 Å². The summed E-state index contributed by atoms with van der Waals surface area (Å²) in [5.41, 5.74) is 0. The van der Waals surface area contributed by atoms with Gasteiger partial charge in [0.2, 0.25) is 0 Å². The molecule has 0 aliphatic rings. The smallest absolute Gasteiger partial charge is 0.0589 e. The second-order valence-electron chi connectivity index (χ2n) is 2.52. The molecular formula is C8H18BrNOS. The van der Waals surface area contributed by atoms with Gasteiger partial charge in [0.1, 0.15) is 0 Å². The molecule has 0 amide bonds. The molecule has 74 valence electrons. The molecule has 0 atom stereocenters. The predicted octanol–water partition coefficient (Wildman–Crippen LogP) is 1.69. The molecule has 0 unspecified atom stereocenters. The molecule has 0 bridgehead atoms. The summed E-state index contributed by atoms with van der Waals surface area (Å²) in [7, 11) is 1.75. The largest absolute Gasteiger partial charge is 0.383 e. The number of rotatable bonds is 8. The average Bonchev–Trinajstić information content (AvgIpc) is 2.10. The molecule has 2 nitrogen and oxygen atoms in total. The van der Waals surface area contributed by atoms with E-state index >= 15 is 0 Å². The van der Waals surface area contributed by atoms with Gasteiger partial charge in [-0.05, 0) is 6.26 Å². The number of ether oxygens (including phenoxy) is 1. The highest BCUT2D eigenvalue weighted by atomic mass is 79.9. The Hall–Kier alpha value is 0.750. The summed E-state index contributed by atoms with van der Waals surface area (Å²) in [5.74, 6) is 1.21. The topological polar surface area (TPSA) is 12.5 Å². The Labute approximate surface area is 88.2 Å². The van der Waals surface area contributed by atoms with E-state index < -0.39 is 0 Å². The van der Waals surface area contributed by atoms with Crippen molar-refractivity contribution >= 4 is 27.7 Å². The lowest BCUT2D eigenvalue weighted by Gasteiger charge is -2.19. The molecule has 0 aromatic carbocycles. The van der Waals surface area contributed by atoms with E-state index in [0.717, 1.165) is 31.6 Å². The van der Waals surface area contributed by atoms with Crippen molar-refractivity contribution in [1.29, 1.82) is 0 Å². The molecule has 0 aliphatic carbocycles. The van der Waals surface area contributed by atoms with Crippen LogP contribution in [0.15, 0.2) is 0 Å². The SMILES string of the molecule is COCCN(CCBr)CCSC. The number of nitrogens with zero attached hydrogens (tertiary/aromatic N) is 1. The van der Waals surface area contributed by atoms with Gasteiger partial charge in [-0.15, -0.1) is 0 Å². The molecular weight excluding hydrogens is 238 g/mol. The number of methoxy groups -OCH3 is 1. The highest BCUT2D eigenvalue weighted by molar-refractivity contribution is 9.09. The van der Waals surface area contributed by atoms with Crippen molar-refractivity contribution in [2.45, 2.75) is 0 Å². The summed E-state index contributed by atoms with van der Waals surface area (Å²) >= 11 is 5.34. The van der Waals surface area contributed by atoms with E-state index in [2.05, 4.69) is 27.1 Å². The fourth-order valence-corrected chi connectivity index (χ4v) is 1.84. The maximum absolute atomic E-state index is 5.03. The standard InChI is InChI=1S/C8H18BrNOS/c1-11-7-5-10(4-3-9)6-8-12-2/h3-8H2,1-2H3. The van der Waals surface area contributed by atoms with Gasteiger partial charge < -0.3 is 4.74 Å². The first kappa shape index (κ1) is 12.8. The van der Waals surface area contributed by atoms with Crippen LogP contribution >= 0.6 is 27.7 Å². The van der Waals surface area contributed by atoms with Gasteiger partial charge in [0.25, 0.3) is 0 Å². The van der Waals surface area contributed by atoms with E-state index in [4.69, 9.17) is 4.74 Å². The van der Waals surface area contributed by atoms with Crippen LogP contribution in [0, 0.1) is 0 Å². The van der Waals surface area contributed by atoms with Crippen LogP contribution in [-0.4, -0.2) is 55.6 Å². The lowest BCUT2D eigenvalue weighted by atomic mass is 10.5. The fraction of sp³-hybridized carbons (Fsp3) is 1.00. The minimum Gasteiger partial charge on any atom is -0.383 e. The van der Waals surface area contributed by atoms with E-state index in [1.54, 1.807) is 7.11 Å². The van der Waals surface area contributed by atoms with Gasteiger partial charge in [-0.25, -0.2) is 0 Å². The number of hydrogen-bond acceptors (Lipinski definition) is 3. The zero-order valence-electron chi connectivity index (χ0n) is 7.88. The van der Waals surface area contributed by atoms with Crippen LogP contribution < -0.4 is 0 Å². The Balaban J connectivity index is 3.40. The minimum atomic E-state index is 0.835. The van der Waals surface area contributed by atoms with Gasteiger partial charge in [-0.1, -0.05) is 15.9 Å². The van der Waals surface area contributed by atoms with Gasteiger partial charge in [0, 0.05) is 37.8 Å². The quantitative estimate of drug-likeness (QED) is 0.613. The first-order valence-corrected chi connectivity index (χ1v) is 6.63. The Morgan fingerprint density at radius 1 is 1.33 bits per heavy atom. The number of thioether (sulfide) groups is 1. The maximum atomic E-state index is 5.03. The summed E-state index contributed by atoms with van der Waals surface area (Å²) in [6, 6.07) is 0. The molecule has 0 radical (unpaired) electrons. The highest BCUT2D eigenvalue weighted by Crippen LogP contribution is 1.96. The first-order chi connectivity index (χ1) is 5.85. The lowest BCUT2D eigenvalue weighted by Crippen LogP contribution is -2.31. The summed E-state index contributed by atoms with van der Waals surface area (Å²) < 4.78 is 5.03. The van der Waals surface area contributed by atoms with Crippen molar-refractivity contribution in [1.82, 2.24) is 4.90 Å². The Morgan fingerprint density at radius 3 is 2.58 bits per heavy atom. The van der Waals surface area contributed by atoms with Gasteiger partial charge in [0.05, 0.1) is 6.61 Å².